The molecule has 1 aromatic heterocycles. The molecule has 0 spiro atoms. The first-order chi connectivity index (χ1) is 8.83. The van der Waals surface area contributed by atoms with E-state index in [1.165, 1.54) is 19.1 Å². The number of oxazole rings is 1. The van der Waals surface area contributed by atoms with Gasteiger partial charge in [0.05, 0.1) is 12.6 Å². The van der Waals surface area contributed by atoms with Crippen LogP contribution >= 0.6 is 0 Å². The van der Waals surface area contributed by atoms with Crippen LogP contribution in [0.4, 0.5) is 0 Å². The molecular weight excluding hydrogens is 232 g/mol. The van der Waals surface area contributed by atoms with Crippen molar-refractivity contribution in [3.63, 3.8) is 0 Å². The van der Waals surface area contributed by atoms with E-state index in [9.17, 15) is 4.79 Å². The van der Waals surface area contributed by atoms with E-state index in [1.54, 1.807) is 0 Å². The summed E-state index contributed by atoms with van der Waals surface area (Å²) in [4.78, 5) is 16.3. The van der Waals surface area contributed by atoms with Gasteiger partial charge in [-0.15, -0.1) is 0 Å². The van der Waals surface area contributed by atoms with Crippen molar-refractivity contribution in [2.45, 2.75) is 44.1 Å². The first-order valence-corrected chi connectivity index (χ1v) is 6.67. The Balaban J connectivity index is 1.62. The molecule has 0 bridgehead atoms. The van der Waals surface area contributed by atoms with E-state index in [-0.39, 0.29) is 11.9 Å². The van der Waals surface area contributed by atoms with Crippen LogP contribution in [-0.4, -0.2) is 30.1 Å². The zero-order valence-corrected chi connectivity index (χ0v) is 10.4. The molecule has 0 unspecified atom stereocenters. The second-order valence-corrected chi connectivity index (χ2v) is 5.09. The molecule has 1 saturated heterocycles. The third kappa shape index (κ3) is 2.41. The van der Waals surface area contributed by atoms with Gasteiger partial charge in [0.1, 0.15) is 6.26 Å². The highest BCUT2D eigenvalue weighted by Crippen LogP contribution is 2.33. The van der Waals surface area contributed by atoms with E-state index in [0.717, 1.165) is 31.8 Å². The summed E-state index contributed by atoms with van der Waals surface area (Å²) in [7, 11) is 0. The molecule has 5 nitrogen and oxygen atoms in total. The average molecular weight is 250 g/mol. The fourth-order valence-electron chi connectivity index (χ4n) is 2.66. The lowest BCUT2D eigenvalue weighted by molar-refractivity contribution is 0.0925. The van der Waals surface area contributed by atoms with Gasteiger partial charge in [-0.25, -0.2) is 4.98 Å². The lowest BCUT2D eigenvalue weighted by Crippen LogP contribution is -2.35. The number of amides is 1. The molecule has 3 rings (SSSR count). The van der Waals surface area contributed by atoms with Crippen molar-refractivity contribution in [3.05, 3.63) is 17.8 Å². The molecule has 0 aromatic carbocycles. The van der Waals surface area contributed by atoms with Gasteiger partial charge in [-0.3, -0.25) is 4.79 Å². The minimum atomic E-state index is -0.154. The second kappa shape index (κ2) is 5.10. The van der Waals surface area contributed by atoms with Crippen molar-refractivity contribution in [1.82, 2.24) is 10.3 Å². The van der Waals surface area contributed by atoms with Crippen molar-refractivity contribution in [2.24, 2.45) is 0 Å². The van der Waals surface area contributed by atoms with E-state index >= 15 is 0 Å². The van der Waals surface area contributed by atoms with Gasteiger partial charge < -0.3 is 14.5 Å². The van der Waals surface area contributed by atoms with Crippen LogP contribution in [0.15, 0.2) is 10.7 Å². The average Bonchev–Trinajstić information content (AvgIpc) is 3.11. The van der Waals surface area contributed by atoms with Crippen molar-refractivity contribution < 1.29 is 13.9 Å². The molecule has 2 heterocycles. The van der Waals surface area contributed by atoms with Crippen LogP contribution in [0.3, 0.4) is 0 Å². The van der Waals surface area contributed by atoms with Crippen LogP contribution in [0.2, 0.25) is 0 Å². The van der Waals surface area contributed by atoms with Gasteiger partial charge in [-0.2, -0.15) is 0 Å². The molecule has 1 amide bonds. The zero-order valence-electron chi connectivity index (χ0n) is 10.4. The molecule has 2 fully saturated rings. The van der Waals surface area contributed by atoms with Gasteiger partial charge in [0.15, 0.2) is 11.6 Å². The van der Waals surface area contributed by atoms with Crippen molar-refractivity contribution in [2.75, 3.05) is 13.2 Å². The highest BCUT2D eigenvalue weighted by molar-refractivity contribution is 5.92. The molecule has 5 heteroatoms. The number of carbonyl (C=O) groups excluding carboxylic acids is 1. The smallest absolute Gasteiger partial charge is 0.273 e. The molecule has 1 atom stereocenters. The summed E-state index contributed by atoms with van der Waals surface area (Å²) < 4.78 is 10.7. The van der Waals surface area contributed by atoms with Crippen LogP contribution in [0.25, 0.3) is 0 Å². The van der Waals surface area contributed by atoms with E-state index in [0.29, 0.717) is 18.2 Å². The Morgan fingerprint density at radius 3 is 2.89 bits per heavy atom. The van der Waals surface area contributed by atoms with Crippen molar-refractivity contribution in [1.29, 1.82) is 0 Å². The summed E-state index contributed by atoms with van der Waals surface area (Å²) in [6, 6.07) is 0.115. The SMILES string of the molecule is O=C(N[C@H]1CCOC1)c1coc(C2CCCC2)n1. The first kappa shape index (κ1) is 11.7. The minimum absolute atomic E-state index is 0.115. The van der Waals surface area contributed by atoms with Crippen molar-refractivity contribution in [3.8, 4) is 0 Å². The molecule has 1 aliphatic heterocycles. The van der Waals surface area contributed by atoms with E-state index in [1.807, 2.05) is 0 Å². The normalized spacial score (nSPS) is 24.6. The Labute approximate surface area is 106 Å². The monoisotopic (exact) mass is 250 g/mol. The highest BCUT2D eigenvalue weighted by Gasteiger charge is 2.25. The maximum atomic E-state index is 11.9. The zero-order chi connectivity index (χ0) is 12.4. The molecule has 1 aromatic rings. The fourth-order valence-corrected chi connectivity index (χ4v) is 2.66. The summed E-state index contributed by atoms with van der Waals surface area (Å²) in [5, 5.41) is 2.91. The minimum Gasteiger partial charge on any atom is -0.448 e. The number of rotatable bonds is 3. The topological polar surface area (TPSA) is 64.4 Å². The second-order valence-electron chi connectivity index (χ2n) is 5.09. The van der Waals surface area contributed by atoms with Crippen LogP contribution in [0.5, 0.6) is 0 Å². The van der Waals surface area contributed by atoms with Crippen LogP contribution in [0, 0.1) is 0 Å². The summed E-state index contributed by atoms with van der Waals surface area (Å²) >= 11 is 0. The third-order valence-electron chi connectivity index (χ3n) is 3.72. The van der Waals surface area contributed by atoms with Crippen LogP contribution in [0.1, 0.15) is 54.4 Å². The van der Waals surface area contributed by atoms with E-state index < -0.39 is 0 Å². The largest absolute Gasteiger partial charge is 0.448 e. The van der Waals surface area contributed by atoms with Gasteiger partial charge in [0.25, 0.3) is 5.91 Å². The van der Waals surface area contributed by atoms with Gasteiger partial charge in [-0.05, 0) is 19.3 Å². The number of carbonyl (C=O) groups is 1. The number of nitrogens with zero attached hydrogens (tertiary/aromatic N) is 1. The number of aromatic nitrogens is 1. The van der Waals surface area contributed by atoms with Crippen LogP contribution < -0.4 is 5.32 Å². The van der Waals surface area contributed by atoms with Gasteiger partial charge in [0.2, 0.25) is 0 Å². The Kier molecular flexibility index (Phi) is 3.32. The highest BCUT2D eigenvalue weighted by atomic mass is 16.5. The Bertz CT molecular complexity index is 418. The predicted molar refractivity (Wildman–Crippen MR) is 64.4 cm³/mol. The molecule has 2 aliphatic rings. The Morgan fingerprint density at radius 1 is 1.33 bits per heavy atom. The molecule has 1 saturated carbocycles. The van der Waals surface area contributed by atoms with Gasteiger partial charge in [-0.1, -0.05) is 12.8 Å². The van der Waals surface area contributed by atoms with E-state index in [2.05, 4.69) is 10.3 Å². The molecule has 0 radical (unpaired) electrons. The van der Waals surface area contributed by atoms with Gasteiger partial charge in [0, 0.05) is 12.5 Å². The quantitative estimate of drug-likeness (QED) is 0.889. The number of hydrogen-bond acceptors (Lipinski definition) is 4. The lowest BCUT2D eigenvalue weighted by atomic mass is 10.1. The standard InChI is InChI=1S/C13H18N2O3/c16-12(14-10-5-6-17-7-10)11-8-18-13(15-11)9-3-1-2-4-9/h8-10H,1-7H2,(H,14,16)/t10-/m0/s1. The Morgan fingerprint density at radius 2 is 2.17 bits per heavy atom. The van der Waals surface area contributed by atoms with Gasteiger partial charge >= 0.3 is 0 Å². The number of hydrogen-bond donors (Lipinski definition) is 1. The summed E-state index contributed by atoms with van der Waals surface area (Å²) in [5.41, 5.74) is 0.392. The van der Waals surface area contributed by atoms with Crippen molar-refractivity contribution >= 4 is 5.91 Å². The number of ether oxygens (including phenoxy) is 1. The number of nitrogens with one attached hydrogen (secondary N) is 1. The van der Waals surface area contributed by atoms with Crippen LogP contribution in [-0.2, 0) is 4.74 Å². The predicted octanol–water partition coefficient (Wildman–Crippen LogP) is 1.85. The summed E-state index contributed by atoms with van der Waals surface area (Å²) in [5.74, 6) is 0.972. The molecule has 1 aliphatic carbocycles. The first-order valence-electron chi connectivity index (χ1n) is 6.67. The molecule has 98 valence electrons. The Hall–Kier alpha value is -1.36. The third-order valence-corrected chi connectivity index (χ3v) is 3.72. The fraction of sp³-hybridized carbons (Fsp3) is 0.692. The lowest BCUT2D eigenvalue weighted by Gasteiger charge is -2.08. The van der Waals surface area contributed by atoms with E-state index in [4.69, 9.17) is 9.15 Å². The maximum absolute atomic E-state index is 11.9. The molecule has 18 heavy (non-hydrogen) atoms. The molecular formula is C13H18N2O3. The summed E-state index contributed by atoms with van der Waals surface area (Å²) in [6.07, 6.45) is 7.05. The molecule has 1 N–H and O–H groups in total. The maximum Gasteiger partial charge on any atom is 0.273 e. The summed E-state index contributed by atoms with van der Waals surface area (Å²) in [6.45, 7) is 1.32.